The van der Waals surface area contributed by atoms with Crippen LogP contribution in [0.5, 0.6) is 11.5 Å². The summed E-state index contributed by atoms with van der Waals surface area (Å²) < 4.78 is 30.1. The summed E-state index contributed by atoms with van der Waals surface area (Å²) >= 11 is 10.6. The van der Waals surface area contributed by atoms with Gasteiger partial charge >= 0.3 is 0 Å². The van der Waals surface area contributed by atoms with Gasteiger partial charge in [0.2, 0.25) is 5.16 Å². The van der Waals surface area contributed by atoms with E-state index in [9.17, 15) is 9.47 Å². The van der Waals surface area contributed by atoms with E-state index in [0.717, 1.165) is 0 Å². The molecule has 0 spiro atoms. The number of halogens is 1. The first-order chi connectivity index (χ1) is 14.4. The summed E-state index contributed by atoms with van der Waals surface area (Å²) in [5.41, 5.74) is 1.64. The van der Waals surface area contributed by atoms with E-state index in [0.29, 0.717) is 56.7 Å². The summed E-state index contributed by atoms with van der Waals surface area (Å²) in [4.78, 5) is 8.89. The van der Waals surface area contributed by atoms with Crippen LogP contribution in [-0.4, -0.2) is 51.6 Å². The molecule has 30 heavy (non-hydrogen) atoms. The van der Waals surface area contributed by atoms with E-state index in [1.165, 1.54) is 20.5 Å². The van der Waals surface area contributed by atoms with Gasteiger partial charge < -0.3 is 18.8 Å². The topological polar surface area (TPSA) is 99.3 Å². The number of hydrogen-bond donors (Lipinski definition) is 1. The molecule has 8 nitrogen and oxygen atoms in total. The van der Waals surface area contributed by atoms with Crippen molar-refractivity contribution in [3.8, 4) is 28.8 Å². The average Bonchev–Trinajstić information content (AvgIpc) is 3.11. The fourth-order valence-electron chi connectivity index (χ4n) is 2.94. The Morgan fingerprint density at radius 2 is 1.97 bits per heavy atom. The highest BCUT2D eigenvalue weighted by Gasteiger charge is 2.22. The molecule has 0 saturated carbocycles. The fraction of sp³-hybridized carbons (Fsp3) is 0.316. The number of thiol groups is 1. The molecule has 1 atom stereocenters. The standard InChI is InChI=1S/C19H19ClN4O4S2/c1-26-14-6-12(13(20)7-15(14)27-2)17-16-11(8-21)9-24(10-28-4-5-29)18(16)23-19(22-17)30(3)25/h6-7,9,29H,4-5,10H2,1-3H3. The Kier molecular flexibility index (Phi) is 7.20. The predicted octanol–water partition coefficient (Wildman–Crippen LogP) is 3.28. The zero-order valence-corrected chi connectivity index (χ0v) is 19.0. The Morgan fingerprint density at radius 3 is 2.57 bits per heavy atom. The Bertz CT molecular complexity index is 1160. The first-order valence-corrected chi connectivity index (χ1v) is 11.3. The first-order valence-electron chi connectivity index (χ1n) is 8.70. The highest BCUT2D eigenvalue weighted by atomic mass is 35.5. The molecule has 3 aromatic rings. The third-order valence-corrected chi connectivity index (χ3v) is 5.46. The minimum atomic E-state index is -1.47. The molecule has 11 heteroatoms. The smallest absolute Gasteiger partial charge is 0.220 e. The van der Waals surface area contributed by atoms with Gasteiger partial charge in [0.25, 0.3) is 0 Å². The molecular weight excluding hydrogens is 448 g/mol. The van der Waals surface area contributed by atoms with Crippen LogP contribution < -0.4 is 9.47 Å². The number of ether oxygens (including phenoxy) is 3. The van der Waals surface area contributed by atoms with Gasteiger partial charge in [-0.05, 0) is 6.07 Å². The van der Waals surface area contributed by atoms with Gasteiger partial charge in [0.15, 0.2) is 11.5 Å². The largest absolute Gasteiger partial charge is 0.493 e. The van der Waals surface area contributed by atoms with Crippen LogP contribution in [0.4, 0.5) is 0 Å². The Balaban J connectivity index is 2.34. The van der Waals surface area contributed by atoms with Gasteiger partial charge in [0.1, 0.15) is 18.4 Å². The fourth-order valence-corrected chi connectivity index (χ4v) is 3.74. The van der Waals surface area contributed by atoms with E-state index >= 15 is 0 Å². The van der Waals surface area contributed by atoms with Crippen molar-refractivity contribution in [1.29, 1.82) is 5.26 Å². The van der Waals surface area contributed by atoms with Gasteiger partial charge in [0.05, 0.1) is 53.3 Å². The zero-order valence-electron chi connectivity index (χ0n) is 16.5. The van der Waals surface area contributed by atoms with Crippen LogP contribution in [0.15, 0.2) is 23.5 Å². The van der Waals surface area contributed by atoms with Crippen molar-refractivity contribution in [2.24, 2.45) is 0 Å². The van der Waals surface area contributed by atoms with Crippen molar-refractivity contribution < 1.29 is 18.4 Å². The summed E-state index contributed by atoms with van der Waals surface area (Å²) in [5.74, 6) is 1.45. The number of rotatable bonds is 8. The molecule has 0 saturated heterocycles. The highest BCUT2D eigenvalue weighted by Crippen LogP contribution is 2.40. The third kappa shape index (κ3) is 4.25. The van der Waals surface area contributed by atoms with Gasteiger partial charge in [-0.15, -0.1) is 0 Å². The molecule has 0 aliphatic heterocycles. The first kappa shape index (κ1) is 22.4. The molecule has 0 amide bonds. The van der Waals surface area contributed by atoms with Crippen molar-refractivity contribution in [2.45, 2.75) is 11.9 Å². The normalized spacial score (nSPS) is 12.0. The molecule has 0 radical (unpaired) electrons. The van der Waals surface area contributed by atoms with Crippen LogP contribution in [0.2, 0.25) is 5.02 Å². The lowest BCUT2D eigenvalue weighted by atomic mass is 10.1. The second-order valence-electron chi connectivity index (χ2n) is 6.08. The van der Waals surface area contributed by atoms with E-state index in [1.807, 2.05) is 0 Å². The molecule has 0 N–H and O–H groups in total. The Morgan fingerprint density at radius 1 is 1.27 bits per heavy atom. The van der Waals surface area contributed by atoms with Gasteiger partial charge in [-0.2, -0.15) is 17.9 Å². The van der Waals surface area contributed by atoms with Gasteiger partial charge in [-0.3, -0.25) is 4.21 Å². The van der Waals surface area contributed by atoms with Crippen molar-refractivity contribution in [3.63, 3.8) is 0 Å². The molecule has 158 valence electrons. The van der Waals surface area contributed by atoms with E-state index in [4.69, 9.17) is 25.8 Å². The minimum Gasteiger partial charge on any atom is -0.493 e. The summed E-state index contributed by atoms with van der Waals surface area (Å²) in [6, 6.07) is 5.43. The zero-order chi connectivity index (χ0) is 21.8. The molecule has 3 rings (SSSR count). The second kappa shape index (κ2) is 9.66. The van der Waals surface area contributed by atoms with Crippen LogP contribution in [-0.2, 0) is 22.3 Å². The third-order valence-electron chi connectivity index (χ3n) is 4.27. The van der Waals surface area contributed by atoms with E-state index in [-0.39, 0.29) is 11.9 Å². The lowest BCUT2D eigenvalue weighted by molar-refractivity contribution is 0.0927. The van der Waals surface area contributed by atoms with Crippen LogP contribution in [0, 0.1) is 11.3 Å². The molecule has 2 aromatic heterocycles. The lowest BCUT2D eigenvalue weighted by Crippen LogP contribution is -2.06. The maximum absolute atomic E-state index is 12.2. The molecule has 0 aliphatic rings. The number of benzene rings is 1. The number of hydrogen-bond acceptors (Lipinski definition) is 8. The van der Waals surface area contributed by atoms with Crippen molar-refractivity contribution in [1.82, 2.24) is 14.5 Å². The molecule has 2 heterocycles. The van der Waals surface area contributed by atoms with Crippen molar-refractivity contribution in [3.05, 3.63) is 28.9 Å². The maximum atomic E-state index is 12.2. The number of methoxy groups -OCH3 is 2. The van der Waals surface area contributed by atoms with Gasteiger partial charge in [-0.25, -0.2) is 9.97 Å². The highest BCUT2D eigenvalue weighted by molar-refractivity contribution is 7.84. The monoisotopic (exact) mass is 466 g/mol. The van der Waals surface area contributed by atoms with Gasteiger partial charge in [0, 0.05) is 29.8 Å². The number of aromatic nitrogens is 3. The lowest BCUT2D eigenvalue weighted by Gasteiger charge is -2.13. The van der Waals surface area contributed by atoms with Crippen LogP contribution in [0.1, 0.15) is 5.56 Å². The number of nitriles is 1. The molecular formula is C19H19ClN4O4S2. The molecule has 1 unspecified atom stereocenters. The summed E-state index contributed by atoms with van der Waals surface area (Å²) in [6.07, 6.45) is 3.11. The van der Waals surface area contributed by atoms with E-state index < -0.39 is 10.8 Å². The Labute approximate surface area is 186 Å². The van der Waals surface area contributed by atoms with E-state index in [2.05, 4.69) is 28.7 Å². The van der Waals surface area contributed by atoms with Gasteiger partial charge in [-0.1, -0.05) is 11.6 Å². The van der Waals surface area contributed by atoms with Crippen LogP contribution >= 0.6 is 24.2 Å². The molecule has 1 aromatic carbocycles. The maximum Gasteiger partial charge on any atom is 0.220 e. The predicted molar refractivity (Wildman–Crippen MR) is 118 cm³/mol. The van der Waals surface area contributed by atoms with Crippen LogP contribution in [0.25, 0.3) is 22.3 Å². The summed E-state index contributed by atoms with van der Waals surface area (Å²) in [6.45, 7) is 0.585. The summed E-state index contributed by atoms with van der Waals surface area (Å²) in [5, 5.41) is 10.6. The molecule has 0 aliphatic carbocycles. The van der Waals surface area contributed by atoms with Crippen LogP contribution in [0.3, 0.4) is 0 Å². The minimum absolute atomic E-state index is 0.112. The molecule has 0 bridgehead atoms. The van der Waals surface area contributed by atoms with E-state index in [1.54, 1.807) is 22.9 Å². The Hall–Kier alpha value is -2.32. The SMILES string of the molecule is COc1cc(Cl)c(-c2nc(S(C)=O)nc3c2c(C#N)cn3COCCS)cc1OC. The van der Waals surface area contributed by atoms with Crippen molar-refractivity contribution in [2.75, 3.05) is 32.8 Å². The van der Waals surface area contributed by atoms with Crippen molar-refractivity contribution >= 4 is 46.1 Å². The number of fused-ring (bicyclic) bond motifs is 1. The number of nitrogens with zero attached hydrogens (tertiary/aromatic N) is 4. The quantitative estimate of drug-likeness (QED) is 0.309. The average molecular weight is 467 g/mol. The summed E-state index contributed by atoms with van der Waals surface area (Å²) in [7, 11) is 1.55. The molecule has 0 fully saturated rings. The second-order valence-corrected chi connectivity index (χ2v) is 8.21.